The van der Waals surface area contributed by atoms with Crippen molar-refractivity contribution in [1.82, 2.24) is 0 Å². The molecule has 6 rings (SSSR count). The van der Waals surface area contributed by atoms with E-state index in [4.69, 9.17) is 88.6 Å². The molecule has 294 valence electrons. The van der Waals surface area contributed by atoms with Crippen molar-refractivity contribution in [3.05, 3.63) is 197 Å². The van der Waals surface area contributed by atoms with Crippen LogP contribution in [-0.4, -0.2) is 37.1 Å². The normalized spacial score (nSPS) is 11.0. The van der Waals surface area contributed by atoms with E-state index >= 15 is 0 Å². The van der Waals surface area contributed by atoms with Crippen LogP contribution in [0.25, 0.3) is 0 Å². The van der Waals surface area contributed by atoms with Crippen molar-refractivity contribution in [1.29, 1.82) is 0 Å². The third kappa shape index (κ3) is 9.96. The van der Waals surface area contributed by atoms with Gasteiger partial charge in [0.1, 0.15) is 24.3 Å². The molecule has 6 aromatic rings. The van der Waals surface area contributed by atoms with Crippen LogP contribution in [0.1, 0.15) is 54.8 Å². The number of hydrogen-bond donors (Lipinski definition) is 0. The zero-order valence-electron chi connectivity index (χ0n) is 29.8. The fraction of sp³-hybridized carbons (Fsp3) is 0.0909. The van der Waals surface area contributed by atoms with Crippen molar-refractivity contribution in [2.24, 2.45) is 0 Å². The van der Waals surface area contributed by atoms with Crippen LogP contribution in [0.2, 0.25) is 30.1 Å². The first-order chi connectivity index (χ1) is 27.9. The van der Waals surface area contributed by atoms with Crippen LogP contribution >= 0.6 is 69.6 Å². The fourth-order valence-corrected chi connectivity index (χ4v) is 7.40. The fourth-order valence-electron chi connectivity index (χ4n) is 5.96. The number of rotatable bonds is 12. The SMILES string of the molecule is O=C(Oc1c(Cl)cc(Cl)c(Cl)c1C(=O)OCC(c1ccccc1)c1ccccc1)C(=O)Oc1c(Cl)cc(Cl)c(Cl)c1C(=O)OCC(c1ccccc1)c1ccccc1. The summed E-state index contributed by atoms with van der Waals surface area (Å²) in [4.78, 5) is 54.1. The van der Waals surface area contributed by atoms with Gasteiger partial charge >= 0.3 is 23.9 Å². The maximum absolute atomic E-state index is 13.7. The average molecular weight is 897 g/mol. The van der Waals surface area contributed by atoms with Crippen LogP contribution in [0.4, 0.5) is 0 Å². The van der Waals surface area contributed by atoms with Gasteiger partial charge in [0.25, 0.3) is 0 Å². The van der Waals surface area contributed by atoms with Crippen LogP contribution in [0.15, 0.2) is 133 Å². The van der Waals surface area contributed by atoms with E-state index in [0.29, 0.717) is 0 Å². The molecule has 0 heterocycles. The summed E-state index contributed by atoms with van der Waals surface area (Å²) in [5.74, 6) is -7.63. The van der Waals surface area contributed by atoms with E-state index in [0.717, 1.165) is 34.4 Å². The van der Waals surface area contributed by atoms with E-state index in [9.17, 15) is 19.2 Å². The first-order valence-corrected chi connectivity index (χ1v) is 19.5. The lowest BCUT2D eigenvalue weighted by molar-refractivity contribution is -0.156. The highest BCUT2D eigenvalue weighted by Crippen LogP contribution is 2.42. The van der Waals surface area contributed by atoms with E-state index in [-0.39, 0.29) is 43.3 Å². The first-order valence-electron chi connectivity index (χ1n) is 17.3. The predicted molar refractivity (Wildman–Crippen MR) is 224 cm³/mol. The number of hydrogen-bond acceptors (Lipinski definition) is 8. The minimum absolute atomic E-state index is 0.170. The quantitative estimate of drug-likeness (QED) is 0.0518. The number of benzene rings is 6. The number of carbonyl (C=O) groups excluding carboxylic acids is 4. The van der Waals surface area contributed by atoms with Gasteiger partial charge in [0.15, 0.2) is 11.5 Å². The molecule has 0 unspecified atom stereocenters. The number of ether oxygens (including phenoxy) is 4. The lowest BCUT2D eigenvalue weighted by Crippen LogP contribution is -2.27. The second-order valence-electron chi connectivity index (χ2n) is 12.4. The third-order valence-corrected chi connectivity index (χ3v) is 10.9. The van der Waals surface area contributed by atoms with Crippen molar-refractivity contribution < 1.29 is 38.1 Å². The molecular formula is C44H28Cl6O8. The standard InChI is InChI=1S/C44H28Cl6O8/c45-31-21-33(47)39(35(37(31)49)41(51)55-23-29(25-13-5-1-6-14-25)26-15-7-2-8-16-26)57-43(53)44(54)58-40-34(48)22-32(46)38(50)36(40)42(52)56-24-30(27-17-9-3-10-18-27)28-19-11-4-12-20-28/h1-22,29-30H,23-24H2. The summed E-state index contributed by atoms with van der Waals surface area (Å²) in [6.07, 6.45) is 0. The second kappa shape index (κ2) is 19.6. The molecule has 0 bridgehead atoms. The summed E-state index contributed by atoms with van der Waals surface area (Å²) in [5.41, 5.74) is 2.32. The average Bonchev–Trinajstić information content (AvgIpc) is 3.23. The molecule has 0 aromatic heterocycles. The predicted octanol–water partition coefficient (Wildman–Crippen LogP) is 12.1. The van der Waals surface area contributed by atoms with Gasteiger partial charge in [-0.15, -0.1) is 0 Å². The summed E-state index contributed by atoms with van der Waals surface area (Å²) in [7, 11) is 0. The Balaban J connectivity index is 1.23. The van der Waals surface area contributed by atoms with Gasteiger partial charge in [-0.2, -0.15) is 0 Å². The molecule has 6 aromatic carbocycles. The lowest BCUT2D eigenvalue weighted by Gasteiger charge is -2.20. The highest BCUT2D eigenvalue weighted by atomic mass is 35.5. The van der Waals surface area contributed by atoms with Gasteiger partial charge < -0.3 is 18.9 Å². The largest absolute Gasteiger partial charge is 0.461 e. The van der Waals surface area contributed by atoms with Crippen LogP contribution in [0.3, 0.4) is 0 Å². The molecule has 0 fully saturated rings. The van der Waals surface area contributed by atoms with Crippen LogP contribution in [-0.2, 0) is 19.1 Å². The molecule has 0 aliphatic heterocycles. The highest BCUT2D eigenvalue weighted by Gasteiger charge is 2.33. The Bertz CT molecular complexity index is 2200. The van der Waals surface area contributed by atoms with Gasteiger partial charge in [0.2, 0.25) is 0 Å². The summed E-state index contributed by atoms with van der Waals surface area (Å²) < 4.78 is 22.0. The van der Waals surface area contributed by atoms with Crippen molar-refractivity contribution >= 4 is 93.5 Å². The maximum atomic E-state index is 13.7. The Kier molecular flexibility index (Phi) is 14.4. The molecular weight excluding hydrogens is 869 g/mol. The van der Waals surface area contributed by atoms with E-state index in [2.05, 4.69) is 0 Å². The third-order valence-electron chi connectivity index (χ3n) is 8.79. The number of halogens is 6. The molecule has 14 heteroatoms. The van der Waals surface area contributed by atoms with Gasteiger partial charge in [0.05, 0.1) is 30.1 Å². The zero-order valence-corrected chi connectivity index (χ0v) is 34.3. The van der Waals surface area contributed by atoms with Crippen LogP contribution in [0, 0.1) is 0 Å². The van der Waals surface area contributed by atoms with Gasteiger partial charge in [-0.25, -0.2) is 19.2 Å². The molecule has 58 heavy (non-hydrogen) atoms. The Labute approximate surface area is 363 Å². The lowest BCUT2D eigenvalue weighted by atomic mass is 9.92. The van der Waals surface area contributed by atoms with Crippen molar-refractivity contribution in [2.45, 2.75) is 11.8 Å². The molecule has 0 amide bonds. The topological polar surface area (TPSA) is 105 Å². The smallest absolute Gasteiger partial charge is 0.423 e. The van der Waals surface area contributed by atoms with Crippen LogP contribution in [0.5, 0.6) is 11.5 Å². The monoisotopic (exact) mass is 894 g/mol. The van der Waals surface area contributed by atoms with Crippen molar-refractivity contribution in [3.8, 4) is 11.5 Å². The van der Waals surface area contributed by atoms with E-state index in [1.807, 2.05) is 121 Å². The summed E-state index contributed by atoms with van der Waals surface area (Å²) in [5, 5.41) is -1.82. The van der Waals surface area contributed by atoms with Gasteiger partial charge in [-0.3, -0.25) is 0 Å². The molecule has 0 radical (unpaired) electrons. The molecule has 0 spiro atoms. The first kappa shape index (κ1) is 42.5. The molecule has 0 saturated heterocycles. The van der Waals surface area contributed by atoms with E-state index < -0.39 is 58.3 Å². The highest BCUT2D eigenvalue weighted by molar-refractivity contribution is 6.47. The summed E-state index contributed by atoms with van der Waals surface area (Å²) in [6.45, 7) is -0.343. The van der Waals surface area contributed by atoms with Gasteiger partial charge in [-0.1, -0.05) is 191 Å². The Morgan fingerprint density at radius 2 is 0.690 bits per heavy atom. The molecule has 0 N–H and O–H groups in total. The molecule has 0 aliphatic rings. The summed E-state index contributed by atoms with van der Waals surface area (Å²) >= 11 is 38.2. The van der Waals surface area contributed by atoms with Crippen LogP contribution < -0.4 is 9.47 Å². The zero-order chi connectivity index (χ0) is 41.3. The summed E-state index contributed by atoms with van der Waals surface area (Å²) in [6, 6.07) is 39.5. The maximum Gasteiger partial charge on any atom is 0.423 e. The minimum atomic E-state index is -1.70. The van der Waals surface area contributed by atoms with Gasteiger partial charge in [-0.05, 0) is 34.4 Å². The number of carbonyl (C=O) groups is 4. The molecule has 0 aliphatic carbocycles. The Morgan fingerprint density at radius 1 is 0.414 bits per heavy atom. The molecule has 0 atom stereocenters. The minimum Gasteiger partial charge on any atom is -0.461 e. The second-order valence-corrected chi connectivity index (χ2v) is 14.8. The van der Waals surface area contributed by atoms with Gasteiger partial charge in [0, 0.05) is 11.8 Å². The van der Waals surface area contributed by atoms with Crippen molar-refractivity contribution in [2.75, 3.05) is 13.2 Å². The van der Waals surface area contributed by atoms with E-state index in [1.165, 1.54) is 0 Å². The van der Waals surface area contributed by atoms with E-state index in [1.54, 1.807) is 0 Å². The Morgan fingerprint density at radius 3 is 0.966 bits per heavy atom. The van der Waals surface area contributed by atoms with Crippen molar-refractivity contribution in [3.63, 3.8) is 0 Å². The molecule has 0 saturated carbocycles. The Hall–Kier alpha value is -5.06. The molecule has 8 nitrogen and oxygen atoms in total. The number of esters is 4.